The van der Waals surface area contributed by atoms with Gasteiger partial charge in [0, 0.05) is 12.6 Å². The van der Waals surface area contributed by atoms with Crippen LogP contribution in [0.3, 0.4) is 0 Å². The van der Waals surface area contributed by atoms with E-state index in [9.17, 15) is 18.0 Å². The Bertz CT molecular complexity index is 463. The largest absolute Gasteiger partial charge is 0.435 e. The summed E-state index contributed by atoms with van der Waals surface area (Å²) < 4.78 is 38.4. The molecule has 18 heavy (non-hydrogen) atoms. The summed E-state index contributed by atoms with van der Waals surface area (Å²) in [6, 6.07) is 1.65. The van der Waals surface area contributed by atoms with Crippen LogP contribution in [-0.2, 0) is 12.7 Å². The highest BCUT2D eigenvalue weighted by atomic mass is 19.4. The number of piperidine rings is 1. The van der Waals surface area contributed by atoms with E-state index in [1.807, 2.05) is 0 Å². The van der Waals surface area contributed by atoms with Gasteiger partial charge in [-0.3, -0.25) is 4.79 Å². The molecule has 2 rings (SSSR count). The predicted molar refractivity (Wildman–Crippen MR) is 59.1 cm³/mol. The van der Waals surface area contributed by atoms with E-state index in [2.05, 4.69) is 10.4 Å². The van der Waals surface area contributed by atoms with Gasteiger partial charge in [-0.2, -0.15) is 18.3 Å². The molecule has 0 spiro atoms. The molecular formula is C11H14F3N3O. The lowest BCUT2D eigenvalue weighted by Crippen LogP contribution is -2.34. The molecule has 0 bridgehead atoms. The Hall–Kier alpha value is -1.37. The summed E-state index contributed by atoms with van der Waals surface area (Å²) in [6.07, 6.45) is -2.81. The molecule has 0 atom stereocenters. The molecule has 4 nitrogen and oxygen atoms in total. The maximum Gasteiger partial charge on any atom is 0.435 e. The van der Waals surface area contributed by atoms with Crippen molar-refractivity contribution in [2.75, 3.05) is 13.1 Å². The summed E-state index contributed by atoms with van der Waals surface area (Å²) in [4.78, 5) is 11.5. The second kappa shape index (κ2) is 5.09. The first kappa shape index (κ1) is 13.1. The standard InChI is InChI=1S/C11H14F3N3O/c12-11(13,14)9-1-2-10(18)17(16-9)7-8-3-5-15-6-4-8/h1-2,8,15H,3-7H2. The SMILES string of the molecule is O=c1ccc(C(F)(F)F)nn1CC1CCNCC1. The summed E-state index contributed by atoms with van der Waals surface area (Å²) in [5.74, 6) is 0.208. The van der Waals surface area contributed by atoms with E-state index in [-0.39, 0.29) is 12.5 Å². The van der Waals surface area contributed by atoms with Crippen LogP contribution in [0.1, 0.15) is 18.5 Å². The minimum atomic E-state index is -4.51. The van der Waals surface area contributed by atoms with Crippen LogP contribution in [0.15, 0.2) is 16.9 Å². The van der Waals surface area contributed by atoms with Crippen LogP contribution in [0.2, 0.25) is 0 Å². The van der Waals surface area contributed by atoms with Gasteiger partial charge in [0.05, 0.1) is 0 Å². The quantitative estimate of drug-likeness (QED) is 0.872. The average Bonchev–Trinajstić information content (AvgIpc) is 2.32. The maximum atomic E-state index is 12.5. The molecule has 1 aromatic heterocycles. The lowest BCUT2D eigenvalue weighted by atomic mass is 9.98. The monoisotopic (exact) mass is 261 g/mol. The molecular weight excluding hydrogens is 247 g/mol. The summed E-state index contributed by atoms with van der Waals surface area (Å²) in [5, 5.41) is 6.56. The molecule has 0 radical (unpaired) electrons. The molecule has 100 valence electrons. The van der Waals surface area contributed by atoms with Crippen LogP contribution in [0.4, 0.5) is 13.2 Å². The van der Waals surface area contributed by atoms with Gasteiger partial charge in [0.1, 0.15) is 0 Å². The lowest BCUT2D eigenvalue weighted by molar-refractivity contribution is -0.142. The molecule has 7 heteroatoms. The molecule has 1 aliphatic heterocycles. The summed E-state index contributed by atoms with van der Waals surface area (Å²) in [7, 11) is 0. The highest BCUT2D eigenvalue weighted by molar-refractivity contribution is 5.04. The van der Waals surface area contributed by atoms with Crippen molar-refractivity contribution >= 4 is 0 Å². The number of nitrogens with one attached hydrogen (secondary N) is 1. The first-order chi connectivity index (χ1) is 8.47. The molecule has 0 unspecified atom stereocenters. The van der Waals surface area contributed by atoms with Gasteiger partial charge < -0.3 is 5.32 Å². The van der Waals surface area contributed by atoms with Crippen molar-refractivity contribution in [1.29, 1.82) is 0 Å². The molecule has 0 saturated carbocycles. The van der Waals surface area contributed by atoms with Crippen LogP contribution >= 0.6 is 0 Å². The minimum Gasteiger partial charge on any atom is -0.317 e. The highest BCUT2D eigenvalue weighted by Crippen LogP contribution is 2.26. The Kier molecular flexibility index (Phi) is 3.70. The van der Waals surface area contributed by atoms with Gasteiger partial charge in [0.15, 0.2) is 5.69 Å². The van der Waals surface area contributed by atoms with Gasteiger partial charge in [-0.1, -0.05) is 0 Å². The second-order valence-electron chi connectivity index (χ2n) is 4.43. The molecule has 1 aromatic rings. The highest BCUT2D eigenvalue weighted by Gasteiger charge is 2.33. The van der Waals surface area contributed by atoms with Gasteiger partial charge in [0.2, 0.25) is 0 Å². The predicted octanol–water partition coefficient (Wildman–Crippen LogP) is 1.26. The Labute approximate surface area is 102 Å². The van der Waals surface area contributed by atoms with Crippen molar-refractivity contribution < 1.29 is 13.2 Å². The lowest BCUT2D eigenvalue weighted by Gasteiger charge is -2.22. The number of hydrogen-bond acceptors (Lipinski definition) is 3. The van der Waals surface area contributed by atoms with Crippen molar-refractivity contribution in [3.63, 3.8) is 0 Å². The first-order valence-corrected chi connectivity index (χ1v) is 5.83. The van der Waals surface area contributed by atoms with E-state index >= 15 is 0 Å². The van der Waals surface area contributed by atoms with Crippen molar-refractivity contribution in [3.05, 3.63) is 28.2 Å². The van der Waals surface area contributed by atoms with Gasteiger partial charge in [-0.15, -0.1) is 0 Å². The van der Waals surface area contributed by atoms with Gasteiger partial charge in [-0.05, 0) is 37.9 Å². The third-order valence-electron chi connectivity index (χ3n) is 3.05. The van der Waals surface area contributed by atoms with Crippen LogP contribution < -0.4 is 10.9 Å². The molecule has 1 saturated heterocycles. The zero-order valence-corrected chi connectivity index (χ0v) is 9.70. The maximum absolute atomic E-state index is 12.5. The van der Waals surface area contributed by atoms with Gasteiger partial charge >= 0.3 is 6.18 Å². The van der Waals surface area contributed by atoms with E-state index in [0.29, 0.717) is 0 Å². The third kappa shape index (κ3) is 3.10. The average molecular weight is 261 g/mol. The normalized spacial score (nSPS) is 17.9. The minimum absolute atomic E-state index is 0.208. The Morgan fingerprint density at radius 1 is 1.33 bits per heavy atom. The molecule has 1 fully saturated rings. The van der Waals surface area contributed by atoms with Crippen molar-refractivity contribution in [1.82, 2.24) is 15.1 Å². The zero-order valence-electron chi connectivity index (χ0n) is 9.70. The Morgan fingerprint density at radius 2 is 2.00 bits per heavy atom. The van der Waals surface area contributed by atoms with E-state index in [1.54, 1.807) is 0 Å². The Balaban J connectivity index is 2.18. The van der Waals surface area contributed by atoms with E-state index in [4.69, 9.17) is 0 Å². The van der Waals surface area contributed by atoms with Gasteiger partial charge in [0.25, 0.3) is 5.56 Å². The number of aromatic nitrogens is 2. The smallest absolute Gasteiger partial charge is 0.317 e. The molecule has 0 amide bonds. The van der Waals surface area contributed by atoms with E-state index in [1.165, 1.54) is 0 Å². The molecule has 2 heterocycles. The first-order valence-electron chi connectivity index (χ1n) is 5.83. The summed E-state index contributed by atoms with van der Waals surface area (Å²) in [6.45, 7) is 1.92. The number of alkyl halides is 3. The number of halogens is 3. The zero-order chi connectivity index (χ0) is 13.2. The van der Waals surface area contributed by atoms with Crippen molar-refractivity contribution in [3.8, 4) is 0 Å². The number of rotatable bonds is 2. The molecule has 1 aliphatic rings. The third-order valence-corrected chi connectivity index (χ3v) is 3.05. The Morgan fingerprint density at radius 3 is 2.61 bits per heavy atom. The number of hydrogen-bond donors (Lipinski definition) is 1. The van der Waals surface area contributed by atoms with Gasteiger partial charge in [-0.25, -0.2) is 4.68 Å². The summed E-state index contributed by atoms with van der Waals surface area (Å²) in [5.41, 5.74) is -1.50. The topological polar surface area (TPSA) is 46.9 Å². The van der Waals surface area contributed by atoms with E-state index < -0.39 is 17.4 Å². The fraction of sp³-hybridized carbons (Fsp3) is 0.636. The van der Waals surface area contributed by atoms with Crippen LogP contribution in [0, 0.1) is 5.92 Å². The molecule has 1 N–H and O–H groups in total. The van der Waals surface area contributed by atoms with Crippen molar-refractivity contribution in [2.45, 2.75) is 25.6 Å². The van der Waals surface area contributed by atoms with Crippen LogP contribution in [-0.4, -0.2) is 22.9 Å². The van der Waals surface area contributed by atoms with E-state index in [0.717, 1.165) is 42.7 Å². The molecule has 0 aliphatic carbocycles. The second-order valence-corrected chi connectivity index (χ2v) is 4.43. The number of nitrogens with zero attached hydrogens (tertiary/aromatic N) is 2. The fourth-order valence-electron chi connectivity index (χ4n) is 2.04. The van der Waals surface area contributed by atoms with Crippen molar-refractivity contribution in [2.24, 2.45) is 5.92 Å². The fourth-order valence-corrected chi connectivity index (χ4v) is 2.04. The van der Waals surface area contributed by atoms with Crippen LogP contribution in [0.5, 0.6) is 0 Å². The molecule has 0 aromatic carbocycles. The summed E-state index contributed by atoms with van der Waals surface area (Å²) >= 11 is 0. The van der Waals surface area contributed by atoms with Crippen LogP contribution in [0.25, 0.3) is 0 Å².